The highest BCUT2D eigenvalue weighted by Gasteiger charge is 2.55. The topological polar surface area (TPSA) is 96.9 Å². The molecule has 0 unspecified atom stereocenters. The summed E-state index contributed by atoms with van der Waals surface area (Å²) in [5.41, 5.74) is -1.25. The van der Waals surface area contributed by atoms with Crippen molar-refractivity contribution >= 4 is 19.4 Å². The summed E-state index contributed by atoms with van der Waals surface area (Å²) in [5.74, 6) is -0.346. The van der Waals surface area contributed by atoms with Gasteiger partial charge in [-0.15, -0.1) is 0 Å². The average molecular weight is 367 g/mol. The van der Waals surface area contributed by atoms with E-state index in [0.717, 1.165) is 39.8 Å². The van der Waals surface area contributed by atoms with Crippen molar-refractivity contribution < 1.29 is 24.1 Å². The number of rotatable bonds is 9. The number of esters is 2. The van der Waals surface area contributed by atoms with Crippen LogP contribution in [0.15, 0.2) is 0 Å². The second kappa shape index (κ2) is 9.19. The van der Waals surface area contributed by atoms with E-state index in [1.807, 2.05) is 0 Å². The maximum atomic E-state index is 12.9. The Hall–Kier alpha value is -1.12. The molecule has 2 saturated heterocycles. The molecule has 0 amide bonds. The fourth-order valence-corrected chi connectivity index (χ4v) is 3.85. The van der Waals surface area contributed by atoms with Crippen molar-refractivity contribution in [1.82, 2.24) is 10.6 Å². The molecule has 3 atom stereocenters. The molecule has 0 saturated carbocycles. The predicted molar refractivity (Wildman–Crippen MR) is 98.6 cm³/mol. The lowest BCUT2D eigenvalue weighted by Crippen LogP contribution is -2.53. The van der Waals surface area contributed by atoms with Crippen molar-refractivity contribution in [2.24, 2.45) is 11.3 Å². The van der Waals surface area contributed by atoms with Crippen LogP contribution in [0.3, 0.4) is 0 Å². The molecule has 2 aliphatic rings. The van der Waals surface area contributed by atoms with Crippen LogP contribution in [0.2, 0.25) is 6.32 Å². The van der Waals surface area contributed by atoms with Crippen molar-refractivity contribution in [2.75, 3.05) is 26.3 Å². The quantitative estimate of drug-likeness (QED) is 0.313. The van der Waals surface area contributed by atoms with E-state index in [-0.39, 0.29) is 31.1 Å². The Morgan fingerprint density at radius 2 is 1.96 bits per heavy atom. The maximum absolute atomic E-state index is 12.9. The number of unbranched alkanes of at least 4 members (excludes halogenated alkanes) is 1. The number of carbonyl (C=O) groups excluding carboxylic acids is 2. The van der Waals surface area contributed by atoms with E-state index < -0.39 is 11.0 Å². The molecule has 1 radical (unpaired) electrons. The molecule has 2 rings (SSSR count). The van der Waals surface area contributed by atoms with Crippen LogP contribution in [-0.2, 0) is 19.1 Å². The Labute approximate surface area is 156 Å². The lowest BCUT2D eigenvalue weighted by Gasteiger charge is -2.32. The minimum Gasteiger partial charge on any atom is -0.462 e. The highest BCUT2D eigenvalue weighted by molar-refractivity contribution is 6.25. The first-order valence-electron chi connectivity index (χ1n) is 9.60. The minimum absolute atomic E-state index is 0.0688. The summed E-state index contributed by atoms with van der Waals surface area (Å²) in [5, 5.41) is 15.7. The molecular weight excluding hydrogens is 335 g/mol. The van der Waals surface area contributed by atoms with Gasteiger partial charge in [0.05, 0.1) is 5.41 Å². The van der Waals surface area contributed by atoms with Crippen molar-refractivity contribution in [3.63, 3.8) is 0 Å². The first-order valence-corrected chi connectivity index (χ1v) is 9.60. The van der Waals surface area contributed by atoms with Gasteiger partial charge in [0, 0.05) is 18.5 Å². The summed E-state index contributed by atoms with van der Waals surface area (Å²) in [6.07, 6.45) is 3.92. The van der Waals surface area contributed by atoms with Crippen molar-refractivity contribution in [3.8, 4) is 0 Å². The Kier molecular flexibility index (Phi) is 7.49. The SMILES string of the molecule is CC(C)(C)C(=O)OCCOC(=O)[C@]1(CCCC[B]O)NC[C@@H]2NCC[C@@H]21. The number of hydrogen-bond donors (Lipinski definition) is 3. The number of ether oxygens (including phenoxy) is 2. The fraction of sp³-hybridized carbons (Fsp3) is 0.889. The van der Waals surface area contributed by atoms with Crippen LogP contribution < -0.4 is 10.6 Å². The zero-order chi connectivity index (χ0) is 19.2. The first-order chi connectivity index (χ1) is 12.3. The van der Waals surface area contributed by atoms with Crippen LogP contribution >= 0.6 is 0 Å². The van der Waals surface area contributed by atoms with Gasteiger partial charge in [0.1, 0.15) is 18.8 Å². The van der Waals surface area contributed by atoms with Crippen molar-refractivity contribution in [2.45, 2.75) is 64.4 Å². The monoisotopic (exact) mass is 367 g/mol. The van der Waals surface area contributed by atoms with E-state index in [2.05, 4.69) is 10.6 Å². The summed E-state index contributed by atoms with van der Waals surface area (Å²) in [7, 11) is 1.16. The second-order valence-corrected chi connectivity index (χ2v) is 8.26. The smallest absolute Gasteiger partial charge is 0.326 e. The summed E-state index contributed by atoms with van der Waals surface area (Å²) in [6, 6.07) is 0.297. The summed E-state index contributed by atoms with van der Waals surface area (Å²) >= 11 is 0. The molecule has 0 aromatic carbocycles. The maximum Gasteiger partial charge on any atom is 0.326 e. The number of fused-ring (bicyclic) bond motifs is 1. The standard InChI is InChI=1S/C18H32BN2O5/c1-17(2,3)15(22)25-10-11-26-16(23)18(7-4-5-8-19-24)13-6-9-20-14(13)12-21-18/h13-14,20-21,24H,4-12H2,1-3H3/t13-,14-,18+/m0/s1. The van der Waals surface area contributed by atoms with E-state index in [9.17, 15) is 9.59 Å². The van der Waals surface area contributed by atoms with E-state index in [0.29, 0.717) is 18.8 Å². The number of hydrogen-bond acceptors (Lipinski definition) is 7. The van der Waals surface area contributed by atoms with Gasteiger partial charge < -0.3 is 25.1 Å². The van der Waals surface area contributed by atoms with Gasteiger partial charge in [0.15, 0.2) is 0 Å². The van der Waals surface area contributed by atoms with E-state index in [4.69, 9.17) is 14.5 Å². The molecule has 0 spiro atoms. The van der Waals surface area contributed by atoms with E-state index in [1.165, 1.54) is 0 Å². The van der Waals surface area contributed by atoms with Gasteiger partial charge >= 0.3 is 11.9 Å². The van der Waals surface area contributed by atoms with Gasteiger partial charge in [-0.2, -0.15) is 0 Å². The van der Waals surface area contributed by atoms with Gasteiger partial charge in [-0.3, -0.25) is 9.59 Å². The molecule has 7 nitrogen and oxygen atoms in total. The molecule has 8 heteroatoms. The van der Waals surface area contributed by atoms with E-state index >= 15 is 0 Å². The molecule has 0 aromatic rings. The lowest BCUT2D eigenvalue weighted by molar-refractivity contribution is -0.162. The minimum atomic E-state index is -0.683. The Morgan fingerprint density at radius 1 is 1.23 bits per heavy atom. The Balaban J connectivity index is 1.88. The normalized spacial score (nSPS) is 27.8. The Morgan fingerprint density at radius 3 is 2.65 bits per heavy atom. The highest BCUT2D eigenvalue weighted by Crippen LogP contribution is 2.38. The van der Waals surface area contributed by atoms with Gasteiger partial charge in [-0.1, -0.05) is 19.2 Å². The second-order valence-electron chi connectivity index (χ2n) is 8.26. The zero-order valence-corrected chi connectivity index (χ0v) is 16.2. The molecule has 26 heavy (non-hydrogen) atoms. The van der Waals surface area contributed by atoms with Gasteiger partial charge in [0.2, 0.25) is 0 Å². The molecule has 2 heterocycles. The summed E-state index contributed by atoms with van der Waals surface area (Å²) < 4.78 is 10.7. The molecule has 0 aromatic heterocycles. The van der Waals surface area contributed by atoms with E-state index in [1.54, 1.807) is 20.8 Å². The third kappa shape index (κ3) is 4.99. The Bertz CT molecular complexity index is 496. The zero-order valence-electron chi connectivity index (χ0n) is 16.2. The van der Waals surface area contributed by atoms with Crippen LogP contribution in [0.1, 0.15) is 46.5 Å². The number of nitrogens with one attached hydrogen (secondary N) is 2. The molecule has 147 valence electrons. The van der Waals surface area contributed by atoms with Crippen molar-refractivity contribution in [3.05, 3.63) is 0 Å². The van der Waals surface area contributed by atoms with Crippen LogP contribution in [0.25, 0.3) is 0 Å². The summed E-state index contributed by atoms with van der Waals surface area (Å²) in [6.45, 7) is 7.18. The number of carbonyl (C=O) groups is 2. The van der Waals surface area contributed by atoms with Crippen LogP contribution in [0.4, 0.5) is 0 Å². The molecule has 0 aliphatic carbocycles. The highest BCUT2D eigenvalue weighted by atomic mass is 16.6. The van der Waals surface area contributed by atoms with Crippen LogP contribution in [-0.4, -0.2) is 62.3 Å². The van der Waals surface area contributed by atoms with Gasteiger partial charge in [-0.05, 0) is 40.2 Å². The molecule has 2 aliphatic heterocycles. The third-order valence-corrected chi connectivity index (χ3v) is 5.30. The van der Waals surface area contributed by atoms with Crippen LogP contribution in [0.5, 0.6) is 0 Å². The van der Waals surface area contributed by atoms with Gasteiger partial charge in [-0.25, -0.2) is 0 Å². The first kappa shape index (κ1) is 21.2. The predicted octanol–water partition coefficient (Wildman–Crippen LogP) is 0.639. The lowest BCUT2D eigenvalue weighted by atomic mass is 9.78. The average Bonchev–Trinajstić information content (AvgIpc) is 3.18. The third-order valence-electron chi connectivity index (χ3n) is 5.30. The summed E-state index contributed by atoms with van der Waals surface area (Å²) in [4.78, 5) is 24.7. The van der Waals surface area contributed by atoms with Crippen molar-refractivity contribution in [1.29, 1.82) is 0 Å². The molecular formula is C18H32BN2O5. The van der Waals surface area contributed by atoms with Crippen LogP contribution in [0, 0.1) is 11.3 Å². The molecule has 0 bridgehead atoms. The molecule has 3 N–H and O–H groups in total. The fourth-order valence-electron chi connectivity index (χ4n) is 3.85. The largest absolute Gasteiger partial charge is 0.462 e. The molecule has 2 fully saturated rings. The van der Waals surface area contributed by atoms with Gasteiger partial charge in [0.25, 0.3) is 7.48 Å².